The molecule has 39 heteroatoms. The number of benzene rings is 2. The van der Waals surface area contributed by atoms with E-state index in [9.17, 15) is 61.2 Å². The summed E-state index contributed by atoms with van der Waals surface area (Å²) in [5.74, 6) is -4.08. The second-order valence-electron chi connectivity index (χ2n) is 31.8. The summed E-state index contributed by atoms with van der Waals surface area (Å²) in [6.45, 7) is 24.9. The zero-order valence-electron chi connectivity index (χ0n) is 68.0. The Hall–Kier alpha value is -10.6. The number of aromatic nitrogens is 9. The van der Waals surface area contributed by atoms with E-state index in [0.717, 1.165) is 5.56 Å². The molecule has 3 aliphatic rings. The zero-order valence-corrected chi connectivity index (χ0v) is 68.0. The van der Waals surface area contributed by atoms with Crippen LogP contribution in [0.25, 0.3) is 34.8 Å². The Balaban J connectivity index is 0.000000208. The van der Waals surface area contributed by atoms with Gasteiger partial charge in [-0.15, -0.1) is 30.6 Å². The quantitative estimate of drug-likeness (QED) is 0.0401. The van der Waals surface area contributed by atoms with Gasteiger partial charge in [0.25, 0.3) is 35.3 Å². The van der Waals surface area contributed by atoms with E-state index in [2.05, 4.69) is 61.5 Å². The molecular weight excluding hydrogens is 1590 g/mol. The van der Waals surface area contributed by atoms with Crippen LogP contribution in [0.5, 0.6) is 17.6 Å². The fraction of sp³-hybridized carbons (Fsp3) is 0.525. The number of carbonyl (C=O) groups is 3. The third kappa shape index (κ3) is 23.9. The molecule has 3 unspecified atom stereocenters. The smallest absolute Gasteiger partial charge is 0.426 e. The van der Waals surface area contributed by atoms with Crippen molar-refractivity contribution in [1.82, 2.24) is 45.5 Å². The fourth-order valence-corrected chi connectivity index (χ4v) is 12.0. The van der Waals surface area contributed by atoms with Crippen molar-refractivity contribution < 1.29 is 125 Å². The standard InChI is InChI=1S/C36H39F3N4O6.2C22H29F3N4O6/c1-23-20-27(40-33(44)49-34(3,4)5)29-31-42-43-32(48-31)35(36(37,38)39,46-22-26-16-10-7-11-17-26)19-13-12-18-28(24(2)47-30(23)41-29)45-21-25-14-8-6-9-15-25;2*1-11-10-13(26-19(31)35-20(3,4)5)15-17-28-29-18(34-17)21(32,22(23,24)25)9-7-6-8-14(30)12(2)33-16(11)27-15/h6-17,20,24,28H,18-19,21-22H2,1-5H3,(H,40,44);2*10,12,14,30,32H,6-9H2,1-5H3,(H,26,31)/t24-,28?,35-;2*12-,14?,21-/m111/s1. The molecule has 11 rings (SSSR count). The van der Waals surface area contributed by atoms with E-state index in [1.165, 1.54) is 18.2 Å². The third-order valence-corrected chi connectivity index (χ3v) is 18.4. The number of rotatable bonds is 9. The minimum absolute atomic E-state index is 0.00939. The van der Waals surface area contributed by atoms with Gasteiger partial charge in [0.05, 0.1) is 48.6 Å². The van der Waals surface area contributed by atoms with E-state index >= 15 is 13.2 Å². The topological polar surface area (TPSA) is 397 Å². The Morgan fingerprint density at radius 1 is 0.471 bits per heavy atom. The summed E-state index contributed by atoms with van der Waals surface area (Å²) in [7, 11) is 0. The van der Waals surface area contributed by atoms with Crippen LogP contribution in [0.4, 0.5) is 71.0 Å². The van der Waals surface area contributed by atoms with Gasteiger partial charge in [-0.2, -0.15) is 39.5 Å². The molecule has 0 saturated heterocycles. The molecule has 2 aromatic carbocycles. The van der Waals surface area contributed by atoms with E-state index in [1.54, 1.807) is 146 Å². The van der Waals surface area contributed by atoms with Crippen molar-refractivity contribution in [3.63, 3.8) is 0 Å². The van der Waals surface area contributed by atoms with Gasteiger partial charge in [0.2, 0.25) is 34.4 Å². The monoisotopic (exact) mass is 1680 g/mol. The maximum Gasteiger partial charge on any atom is 0.426 e. The lowest BCUT2D eigenvalue weighted by Gasteiger charge is -2.32. The summed E-state index contributed by atoms with van der Waals surface area (Å²) in [6, 6.07) is 22.4. The molecule has 30 nitrogen and oxygen atoms in total. The molecule has 6 aromatic heterocycles. The van der Waals surface area contributed by atoms with Crippen LogP contribution in [0.1, 0.15) is 193 Å². The van der Waals surface area contributed by atoms with Crippen LogP contribution >= 0.6 is 0 Å². The first kappa shape index (κ1) is 92.3. The highest BCUT2D eigenvalue weighted by Crippen LogP contribution is 2.49. The van der Waals surface area contributed by atoms with Crippen molar-refractivity contribution in [2.24, 2.45) is 0 Å². The first-order valence-corrected chi connectivity index (χ1v) is 38.0. The van der Waals surface area contributed by atoms with Gasteiger partial charge < -0.3 is 71.6 Å². The minimum atomic E-state index is -5.10. The Morgan fingerprint density at radius 3 is 1.17 bits per heavy atom. The molecule has 648 valence electrons. The Labute approximate surface area is 678 Å². The SMILES string of the molecule is Cc1cc(NC(=O)OC(C)(C)C)c2nc1O[C@H](C)C(O)CCCC[C@](O)(C(F)(F)F)c1nnc-2o1.Cc1cc(NC(=O)OC(C)(C)C)c2nc1O[C@H](C)C(O)CCCC[C@](O)(C(F)(F)F)c1nnc-2o1.Cc1cc(NC(=O)OC(C)(C)C)c2nc1O[C@H](C)C(OCc1ccccc1)CC=CC[C@](OCc1ccccc1)(C(F)(F)F)c1nnc-2o1. The molecule has 0 saturated carbocycles. The normalized spacial score (nSPS) is 22.1. The summed E-state index contributed by atoms with van der Waals surface area (Å²) in [4.78, 5) is 50.7. The first-order valence-electron chi connectivity index (χ1n) is 38.0. The van der Waals surface area contributed by atoms with E-state index in [4.69, 9.17) is 51.1 Å². The Bertz CT molecular complexity index is 4630. The number of fused-ring (bicyclic) bond motifs is 15. The lowest BCUT2D eigenvalue weighted by Crippen LogP contribution is -2.45. The number of aliphatic hydroxyl groups is 4. The maximum atomic E-state index is 15.2. The molecule has 3 aliphatic heterocycles. The van der Waals surface area contributed by atoms with E-state index < -0.39 is 168 Å². The highest BCUT2D eigenvalue weighted by Gasteiger charge is 2.62. The van der Waals surface area contributed by atoms with Gasteiger partial charge in [-0.3, -0.25) is 16.0 Å². The van der Waals surface area contributed by atoms with Crippen molar-refractivity contribution in [3.05, 3.63) is 137 Å². The van der Waals surface area contributed by atoms with E-state index in [0.29, 0.717) is 22.3 Å². The fourth-order valence-electron chi connectivity index (χ4n) is 12.0. The van der Waals surface area contributed by atoms with Crippen molar-refractivity contribution in [2.45, 2.75) is 270 Å². The number of carbonyl (C=O) groups excluding carboxylic acids is 3. The largest absolute Gasteiger partial charge is 0.472 e. The van der Waals surface area contributed by atoms with Crippen LogP contribution in [0.3, 0.4) is 0 Å². The van der Waals surface area contributed by atoms with Crippen LogP contribution in [0, 0.1) is 20.8 Å². The van der Waals surface area contributed by atoms with Crippen LogP contribution in [0.2, 0.25) is 0 Å². The number of nitrogens with one attached hydrogen (secondary N) is 3. The molecule has 3 amide bonds. The molecule has 12 bridgehead atoms. The Morgan fingerprint density at radius 2 is 0.815 bits per heavy atom. The number of hydrogen-bond donors (Lipinski definition) is 7. The number of nitrogens with zero attached hydrogens (tertiary/aromatic N) is 9. The number of halogens is 9. The van der Waals surface area contributed by atoms with Crippen LogP contribution < -0.4 is 30.2 Å². The highest BCUT2D eigenvalue weighted by atomic mass is 19.4. The number of aliphatic hydroxyl groups excluding tert-OH is 2. The molecule has 9 atom stereocenters. The molecule has 0 aliphatic carbocycles. The van der Waals surface area contributed by atoms with Crippen LogP contribution in [-0.2, 0) is 53.7 Å². The number of alkyl halides is 9. The average Bonchev–Trinajstić information content (AvgIpc) is 1.65. The van der Waals surface area contributed by atoms with Crippen LogP contribution in [0.15, 0.2) is 104 Å². The molecule has 9 heterocycles. The van der Waals surface area contributed by atoms with Gasteiger partial charge in [-0.25, -0.2) is 29.3 Å². The summed E-state index contributed by atoms with van der Waals surface area (Å²) >= 11 is 0. The predicted octanol–water partition coefficient (Wildman–Crippen LogP) is 16.9. The van der Waals surface area contributed by atoms with Crippen molar-refractivity contribution in [2.75, 3.05) is 16.0 Å². The average molecular weight is 1690 g/mol. The van der Waals surface area contributed by atoms with Gasteiger partial charge in [-0.1, -0.05) is 85.7 Å². The summed E-state index contributed by atoms with van der Waals surface area (Å²) in [5.41, 5.74) is -9.87. The number of amides is 3. The molecule has 0 spiro atoms. The van der Waals surface area contributed by atoms with Crippen molar-refractivity contribution in [3.8, 4) is 52.4 Å². The second kappa shape index (κ2) is 37.4. The number of aryl methyl sites for hydroxylation is 3. The lowest BCUT2D eigenvalue weighted by molar-refractivity contribution is -0.295. The minimum Gasteiger partial charge on any atom is -0.472 e. The highest BCUT2D eigenvalue weighted by molar-refractivity contribution is 5.91. The molecule has 8 aromatic rings. The molecular formula is C80H97F9N12O18. The zero-order chi connectivity index (χ0) is 87.6. The Kier molecular flexibility index (Phi) is 29.0. The summed E-state index contributed by atoms with van der Waals surface area (Å²) in [6.07, 6.45) is -20.9. The number of anilines is 3. The van der Waals surface area contributed by atoms with E-state index in [-0.39, 0.29) is 103 Å². The van der Waals surface area contributed by atoms with Gasteiger partial charge in [0, 0.05) is 23.1 Å². The number of pyridine rings is 3. The summed E-state index contributed by atoms with van der Waals surface area (Å²) < 4.78 is 191. The van der Waals surface area contributed by atoms with Gasteiger partial charge in [0.15, 0.2) is 17.1 Å². The summed E-state index contributed by atoms with van der Waals surface area (Å²) in [5, 5.41) is 71.5. The van der Waals surface area contributed by atoms with Gasteiger partial charge >= 0.3 is 36.8 Å². The lowest BCUT2D eigenvalue weighted by atomic mass is 9.94. The second-order valence-corrected chi connectivity index (χ2v) is 31.8. The molecule has 7 N–H and O–H groups in total. The number of hydrogen-bond acceptors (Lipinski definition) is 27. The number of ether oxygens (including phenoxy) is 8. The van der Waals surface area contributed by atoms with Gasteiger partial charge in [-0.05, 0) is 178 Å². The molecule has 119 heavy (non-hydrogen) atoms. The van der Waals surface area contributed by atoms with Crippen molar-refractivity contribution >= 4 is 35.3 Å². The predicted molar refractivity (Wildman–Crippen MR) is 408 cm³/mol. The molecule has 0 radical (unpaired) electrons. The third-order valence-electron chi connectivity index (χ3n) is 18.4. The van der Waals surface area contributed by atoms with Gasteiger partial charge in [0.1, 0.15) is 35.1 Å². The first-order chi connectivity index (χ1) is 55.4. The maximum absolute atomic E-state index is 15.2. The molecule has 0 fully saturated rings. The van der Waals surface area contributed by atoms with Crippen molar-refractivity contribution in [1.29, 1.82) is 0 Å². The van der Waals surface area contributed by atoms with Crippen LogP contribution in [-0.4, -0.2) is 156 Å². The van der Waals surface area contributed by atoms with E-state index in [1.807, 2.05) is 30.3 Å².